The summed E-state index contributed by atoms with van der Waals surface area (Å²) in [4.78, 5) is 18.8. The first-order valence-corrected chi connectivity index (χ1v) is 13.2. The molecule has 1 fully saturated rings. The number of hydrogen-bond acceptors (Lipinski definition) is 4. The number of nitrogens with zero attached hydrogens (tertiary/aromatic N) is 3. The highest BCUT2D eigenvalue weighted by molar-refractivity contribution is 7.80. The normalized spacial score (nSPS) is 16.7. The molecule has 200 valence electrons. The minimum absolute atomic E-state index is 0.0965. The molecular weight excluding hydrogens is 513 g/mol. The summed E-state index contributed by atoms with van der Waals surface area (Å²) < 4.78 is 21.4. The van der Waals surface area contributed by atoms with Gasteiger partial charge in [0.2, 0.25) is 5.91 Å². The van der Waals surface area contributed by atoms with Gasteiger partial charge in [-0.05, 0) is 86.2 Å². The Balaban J connectivity index is 1.64. The summed E-state index contributed by atoms with van der Waals surface area (Å²) in [5, 5.41) is 6.93. The third-order valence-electron chi connectivity index (χ3n) is 7.03. The molecule has 0 bridgehead atoms. The zero-order valence-electron chi connectivity index (χ0n) is 22.2. The minimum Gasteiger partial charge on any atom is -0.494 e. The van der Waals surface area contributed by atoms with Crippen molar-refractivity contribution in [3.05, 3.63) is 101 Å². The molecule has 39 heavy (non-hydrogen) atoms. The Morgan fingerprint density at radius 2 is 1.85 bits per heavy atom. The van der Waals surface area contributed by atoms with Gasteiger partial charge in [-0.3, -0.25) is 9.78 Å². The van der Waals surface area contributed by atoms with Gasteiger partial charge in [-0.1, -0.05) is 13.0 Å². The predicted octanol–water partition coefficient (Wildman–Crippen LogP) is 6.16. The van der Waals surface area contributed by atoms with Crippen LogP contribution in [0.3, 0.4) is 0 Å². The standard InChI is InChI=1S/C30H30FN5O2S/c1-5-27(37)33-24-14-13-22(17-26(24)38-4)36-29(28(34-30(36)39)25-8-6-7-15-32-25)23-16-18(2)35(19(23)3)21-11-9-20(31)10-12-21/h6-17,28-29H,5H2,1-4H3,(H,33,37)(H,34,39). The number of benzene rings is 2. The van der Waals surface area contributed by atoms with Crippen LogP contribution in [0.4, 0.5) is 15.8 Å². The molecular formula is C30H30FN5O2S. The highest BCUT2D eigenvalue weighted by Gasteiger charge is 2.42. The van der Waals surface area contributed by atoms with Crippen LogP contribution in [0, 0.1) is 19.7 Å². The van der Waals surface area contributed by atoms with E-state index < -0.39 is 0 Å². The van der Waals surface area contributed by atoms with Crippen LogP contribution in [-0.2, 0) is 4.79 Å². The first kappa shape index (κ1) is 26.4. The lowest BCUT2D eigenvalue weighted by molar-refractivity contribution is -0.115. The molecule has 1 saturated heterocycles. The molecule has 0 spiro atoms. The average Bonchev–Trinajstić information content (AvgIpc) is 3.44. The van der Waals surface area contributed by atoms with Crippen LogP contribution < -0.4 is 20.3 Å². The number of nitrogens with one attached hydrogen (secondary N) is 2. The van der Waals surface area contributed by atoms with Crippen molar-refractivity contribution in [2.24, 2.45) is 0 Å². The molecule has 2 unspecified atom stereocenters. The molecule has 1 amide bonds. The average molecular weight is 544 g/mol. The van der Waals surface area contributed by atoms with Gasteiger partial charge in [-0.2, -0.15) is 0 Å². The van der Waals surface area contributed by atoms with Gasteiger partial charge in [0.25, 0.3) is 0 Å². The molecule has 0 radical (unpaired) electrons. The highest BCUT2D eigenvalue weighted by Crippen LogP contribution is 2.45. The Morgan fingerprint density at radius 3 is 2.51 bits per heavy atom. The monoisotopic (exact) mass is 543 g/mol. The topological polar surface area (TPSA) is 71.4 Å². The maximum Gasteiger partial charge on any atom is 0.224 e. The zero-order valence-corrected chi connectivity index (χ0v) is 23.1. The second kappa shape index (κ2) is 10.9. The summed E-state index contributed by atoms with van der Waals surface area (Å²) in [5.74, 6) is 0.162. The van der Waals surface area contributed by atoms with Gasteiger partial charge < -0.3 is 24.8 Å². The second-order valence-corrected chi connectivity index (χ2v) is 9.81. The van der Waals surface area contributed by atoms with E-state index in [2.05, 4.69) is 38.1 Å². The Morgan fingerprint density at radius 1 is 1.10 bits per heavy atom. The first-order chi connectivity index (χ1) is 18.8. The molecule has 3 heterocycles. The van der Waals surface area contributed by atoms with Gasteiger partial charge in [-0.15, -0.1) is 0 Å². The molecule has 9 heteroatoms. The fraction of sp³-hybridized carbons (Fsp3) is 0.233. The number of carbonyl (C=O) groups is 1. The molecule has 0 saturated carbocycles. The number of methoxy groups -OCH3 is 1. The summed E-state index contributed by atoms with van der Waals surface area (Å²) in [6.07, 6.45) is 2.14. The molecule has 5 rings (SSSR count). The van der Waals surface area contributed by atoms with E-state index in [1.807, 2.05) is 43.3 Å². The predicted molar refractivity (Wildman–Crippen MR) is 155 cm³/mol. The number of rotatable bonds is 7. The number of ether oxygens (including phenoxy) is 1. The van der Waals surface area contributed by atoms with Gasteiger partial charge in [0.05, 0.1) is 30.6 Å². The van der Waals surface area contributed by atoms with Crippen LogP contribution in [-0.4, -0.2) is 27.7 Å². The second-order valence-electron chi connectivity index (χ2n) is 9.42. The molecule has 2 aromatic heterocycles. The number of anilines is 2. The third kappa shape index (κ3) is 4.97. The molecule has 2 atom stereocenters. The fourth-order valence-corrected chi connectivity index (χ4v) is 5.54. The maximum atomic E-state index is 13.7. The zero-order chi connectivity index (χ0) is 27.7. The van der Waals surface area contributed by atoms with Crippen molar-refractivity contribution < 1.29 is 13.9 Å². The fourth-order valence-electron chi connectivity index (χ4n) is 5.20. The van der Waals surface area contributed by atoms with Gasteiger partial charge >= 0.3 is 0 Å². The van der Waals surface area contributed by atoms with Crippen molar-refractivity contribution in [3.63, 3.8) is 0 Å². The van der Waals surface area contributed by atoms with Crippen molar-refractivity contribution in [1.29, 1.82) is 0 Å². The summed E-state index contributed by atoms with van der Waals surface area (Å²) in [5.41, 5.74) is 6.24. The van der Waals surface area contributed by atoms with E-state index in [0.29, 0.717) is 23.0 Å². The van der Waals surface area contributed by atoms with E-state index in [0.717, 1.165) is 34.0 Å². The van der Waals surface area contributed by atoms with Crippen LogP contribution in [0.1, 0.15) is 48.1 Å². The van der Waals surface area contributed by atoms with E-state index in [1.54, 1.807) is 32.4 Å². The van der Waals surface area contributed by atoms with Crippen molar-refractivity contribution in [2.75, 3.05) is 17.3 Å². The summed E-state index contributed by atoms with van der Waals surface area (Å²) in [6, 6.07) is 19.6. The number of amides is 1. The number of carbonyl (C=O) groups excluding carboxylic acids is 1. The van der Waals surface area contributed by atoms with Crippen LogP contribution in [0.15, 0.2) is 72.9 Å². The van der Waals surface area contributed by atoms with Crippen LogP contribution in [0.5, 0.6) is 5.75 Å². The number of aromatic nitrogens is 2. The van der Waals surface area contributed by atoms with Crippen LogP contribution in [0.2, 0.25) is 0 Å². The highest BCUT2D eigenvalue weighted by atomic mass is 32.1. The van der Waals surface area contributed by atoms with E-state index in [9.17, 15) is 9.18 Å². The first-order valence-electron chi connectivity index (χ1n) is 12.8. The minimum atomic E-state index is -0.277. The quantitative estimate of drug-likeness (QED) is 0.272. The molecule has 2 N–H and O–H groups in total. The van der Waals surface area contributed by atoms with Crippen LogP contribution >= 0.6 is 12.2 Å². The van der Waals surface area contributed by atoms with Gasteiger partial charge in [0.15, 0.2) is 5.11 Å². The maximum absolute atomic E-state index is 13.7. The molecule has 1 aliphatic heterocycles. The molecule has 1 aliphatic rings. The number of hydrogen-bond donors (Lipinski definition) is 2. The van der Waals surface area contributed by atoms with Crippen molar-refractivity contribution in [3.8, 4) is 11.4 Å². The lowest BCUT2D eigenvalue weighted by Crippen LogP contribution is -2.29. The van der Waals surface area contributed by atoms with Crippen molar-refractivity contribution in [2.45, 2.75) is 39.3 Å². The number of pyridine rings is 1. The van der Waals surface area contributed by atoms with Gasteiger partial charge in [0.1, 0.15) is 11.6 Å². The van der Waals surface area contributed by atoms with Crippen molar-refractivity contribution >= 4 is 34.6 Å². The van der Waals surface area contributed by atoms with E-state index >= 15 is 0 Å². The molecule has 7 nitrogen and oxygen atoms in total. The molecule has 4 aromatic rings. The van der Waals surface area contributed by atoms with E-state index in [-0.39, 0.29) is 23.8 Å². The summed E-state index contributed by atoms with van der Waals surface area (Å²) in [6.45, 7) is 5.90. The Labute approximate surface area is 232 Å². The number of halogens is 1. The van der Waals surface area contributed by atoms with Crippen LogP contribution in [0.25, 0.3) is 5.69 Å². The Hall–Kier alpha value is -4.24. The smallest absolute Gasteiger partial charge is 0.224 e. The van der Waals surface area contributed by atoms with E-state index in [4.69, 9.17) is 17.0 Å². The number of thiocarbonyl (C=S) groups is 1. The van der Waals surface area contributed by atoms with E-state index in [1.165, 1.54) is 12.1 Å². The Kier molecular flexibility index (Phi) is 7.34. The van der Waals surface area contributed by atoms with Gasteiger partial charge in [0, 0.05) is 41.4 Å². The molecule has 2 aromatic carbocycles. The lowest BCUT2D eigenvalue weighted by Gasteiger charge is -2.29. The largest absolute Gasteiger partial charge is 0.494 e. The summed E-state index contributed by atoms with van der Waals surface area (Å²) in [7, 11) is 1.58. The molecule has 0 aliphatic carbocycles. The van der Waals surface area contributed by atoms with Gasteiger partial charge in [-0.25, -0.2) is 4.39 Å². The third-order valence-corrected chi connectivity index (χ3v) is 7.34. The number of aryl methyl sites for hydroxylation is 1. The Bertz CT molecular complexity index is 1520. The van der Waals surface area contributed by atoms with Crippen molar-refractivity contribution in [1.82, 2.24) is 14.9 Å². The summed E-state index contributed by atoms with van der Waals surface area (Å²) >= 11 is 5.90. The SMILES string of the molecule is CCC(=O)Nc1ccc(N2C(=S)NC(c3ccccn3)C2c2cc(C)n(-c3ccc(F)cc3)c2C)cc1OC. The lowest BCUT2D eigenvalue weighted by atomic mass is 9.96.